The Kier molecular flexibility index (Phi) is 5.36. The summed E-state index contributed by atoms with van der Waals surface area (Å²) in [4.78, 5) is 29.1. The van der Waals surface area contributed by atoms with Gasteiger partial charge in [-0.15, -0.1) is 0 Å². The molecular formula is C27H22FN3O4. The van der Waals surface area contributed by atoms with Crippen LogP contribution in [0.1, 0.15) is 40.1 Å². The summed E-state index contributed by atoms with van der Waals surface area (Å²) < 4.78 is 22.3. The Bertz CT molecular complexity index is 1690. The highest BCUT2D eigenvalue weighted by Crippen LogP contribution is 2.32. The molecule has 0 spiro atoms. The average Bonchev–Trinajstić information content (AvgIpc) is 3.18. The van der Waals surface area contributed by atoms with Crippen molar-refractivity contribution >= 4 is 28.3 Å². The van der Waals surface area contributed by atoms with E-state index in [0.29, 0.717) is 27.9 Å². The second-order valence-corrected chi connectivity index (χ2v) is 8.60. The van der Waals surface area contributed by atoms with Crippen LogP contribution in [0.15, 0.2) is 70.1 Å². The minimum Gasteiger partial charge on any atom is -0.478 e. The molecule has 7 nitrogen and oxygen atoms in total. The number of aryl methyl sites for hydroxylation is 2. The van der Waals surface area contributed by atoms with Gasteiger partial charge in [-0.05, 0) is 56.7 Å². The Morgan fingerprint density at radius 3 is 2.71 bits per heavy atom. The van der Waals surface area contributed by atoms with Crippen LogP contribution >= 0.6 is 0 Å². The third-order valence-electron chi connectivity index (χ3n) is 5.92. The molecule has 1 unspecified atom stereocenters. The summed E-state index contributed by atoms with van der Waals surface area (Å²) in [5.74, 6) is -1.81. The van der Waals surface area contributed by atoms with Gasteiger partial charge >= 0.3 is 5.97 Å². The third-order valence-corrected chi connectivity index (χ3v) is 5.92. The van der Waals surface area contributed by atoms with Crippen LogP contribution in [0.4, 0.5) is 10.1 Å². The quantitative estimate of drug-likeness (QED) is 0.340. The van der Waals surface area contributed by atoms with E-state index in [-0.39, 0.29) is 11.1 Å². The normalized spacial score (nSPS) is 12.2. The minimum absolute atomic E-state index is 0.138. The number of pyridine rings is 1. The van der Waals surface area contributed by atoms with Crippen LogP contribution in [-0.4, -0.2) is 20.5 Å². The zero-order chi connectivity index (χ0) is 24.9. The Morgan fingerprint density at radius 1 is 1.14 bits per heavy atom. The fourth-order valence-electron chi connectivity index (χ4n) is 4.34. The number of aromatic nitrogens is 2. The van der Waals surface area contributed by atoms with Gasteiger partial charge in [0.05, 0.1) is 22.8 Å². The number of nitrogens with zero attached hydrogens (tertiary/aromatic N) is 2. The van der Waals surface area contributed by atoms with Gasteiger partial charge in [0.15, 0.2) is 5.43 Å². The van der Waals surface area contributed by atoms with Crippen molar-refractivity contribution in [2.75, 3.05) is 5.32 Å². The molecule has 3 aromatic heterocycles. The van der Waals surface area contributed by atoms with E-state index in [1.54, 1.807) is 13.0 Å². The lowest BCUT2D eigenvalue weighted by atomic mass is 10.00. The molecule has 176 valence electrons. The summed E-state index contributed by atoms with van der Waals surface area (Å²) in [7, 11) is 0. The molecule has 0 fully saturated rings. The first kappa shape index (κ1) is 22.3. The topological polar surface area (TPSA) is 96.8 Å². The van der Waals surface area contributed by atoms with E-state index in [2.05, 4.69) is 10.3 Å². The van der Waals surface area contributed by atoms with Gasteiger partial charge in [-0.1, -0.05) is 12.1 Å². The van der Waals surface area contributed by atoms with E-state index in [1.807, 2.05) is 48.8 Å². The average molecular weight is 471 g/mol. The standard InChI is InChI=1S/C27H22FN3O4/c1-14-9-18(16(3)30-21-6-4-5-20(28)25(21)27(33)34)26-19(10-14)22(32)11-23(35-26)17-7-8-24-29-15(2)12-31(24)13-17/h4-13,16,30H,1-3H3,(H,33,34). The number of rotatable bonds is 5. The van der Waals surface area contributed by atoms with Crippen molar-refractivity contribution in [1.29, 1.82) is 0 Å². The lowest BCUT2D eigenvalue weighted by Crippen LogP contribution is -2.13. The number of benzene rings is 2. The van der Waals surface area contributed by atoms with Crippen molar-refractivity contribution in [1.82, 2.24) is 9.38 Å². The maximum Gasteiger partial charge on any atom is 0.340 e. The monoisotopic (exact) mass is 471 g/mol. The minimum atomic E-state index is -1.37. The summed E-state index contributed by atoms with van der Waals surface area (Å²) in [5, 5.41) is 13.0. The Morgan fingerprint density at radius 2 is 1.94 bits per heavy atom. The smallest absolute Gasteiger partial charge is 0.340 e. The summed E-state index contributed by atoms with van der Waals surface area (Å²) in [6.07, 6.45) is 3.73. The number of hydrogen-bond acceptors (Lipinski definition) is 5. The van der Waals surface area contributed by atoms with Crippen LogP contribution in [0, 0.1) is 19.7 Å². The van der Waals surface area contributed by atoms with Gasteiger partial charge < -0.3 is 19.2 Å². The van der Waals surface area contributed by atoms with Crippen LogP contribution in [0.5, 0.6) is 0 Å². The van der Waals surface area contributed by atoms with Crippen LogP contribution in [0.25, 0.3) is 27.9 Å². The lowest BCUT2D eigenvalue weighted by Gasteiger charge is -2.19. The Balaban J connectivity index is 1.64. The van der Waals surface area contributed by atoms with Gasteiger partial charge in [0, 0.05) is 29.6 Å². The first-order valence-electron chi connectivity index (χ1n) is 11.0. The molecule has 0 aliphatic heterocycles. The molecule has 5 aromatic rings. The van der Waals surface area contributed by atoms with Gasteiger partial charge in [-0.25, -0.2) is 14.2 Å². The molecule has 0 saturated carbocycles. The molecule has 3 heterocycles. The number of fused-ring (bicyclic) bond motifs is 2. The number of carboxylic acid groups (broad SMARTS) is 1. The Hall–Kier alpha value is -4.46. The van der Waals surface area contributed by atoms with Gasteiger partial charge in [0.25, 0.3) is 0 Å². The predicted octanol–water partition coefficient (Wildman–Crippen LogP) is 5.73. The van der Waals surface area contributed by atoms with Crippen molar-refractivity contribution in [3.05, 3.63) is 99.3 Å². The molecule has 0 amide bonds. The molecule has 0 aliphatic rings. The van der Waals surface area contributed by atoms with Crippen LogP contribution in [-0.2, 0) is 0 Å². The number of halogens is 1. The fourth-order valence-corrected chi connectivity index (χ4v) is 4.34. The first-order chi connectivity index (χ1) is 16.7. The zero-order valence-electron chi connectivity index (χ0n) is 19.3. The van der Waals surface area contributed by atoms with E-state index in [1.165, 1.54) is 18.2 Å². The Labute approximate surface area is 199 Å². The molecule has 0 aliphatic carbocycles. The molecule has 2 N–H and O–H groups in total. The first-order valence-corrected chi connectivity index (χ1v) is 11.0. The van der Waals surface area contributed by atoms with Gasteiger partial charge in [-0.3, -0.25) is 4.79 Å². The van der Waals surface area contributed by atoms with Crippen LogP contribution in [0.2, 0.25) is 0 Å². The number of nitrogens with one attached hydrogen (secondary N) is 1. The predicted molar refractivity (Wildman–Crippen MR) is 132 cm³/mol. The molecule has 5 rings (SSSR count). The number of anilines is 1. The van der Waals surface area contributed by atoms with Crippen molar-refractivity contribution in [3.63, 3.8) is 0 Å². The highest BCUT2D eigenvalue weighted by atomic mass is 19.1. The number of imidazole rings is 1. The van der Waals surface area contributed by atoms with Gasteiger partial charge in [-0.2, -0.15) is 0 Å². The highest BCUT2D eigenvalue weighted by molar-refractivity contribution is 5.94. The second-order valence-electron chi connectivity index (χ2n) is 8.60. The van der Waals surface area contributed by atoms with E-state index in [9.17, 15) is 19.1 Å². The van der Waals surface area contributed by atoms with E-state index < -0.39 is 23.4 Å². The maximum absolute atomic E-state index is 14.2. The summed E-state index contributed by atoms with van der Waals surface area (Å²) >= 11 is 0. The SMILES string of the molecule is Cc1cc(C(C)Nc2cccc(F)c2C(=O)O)c2oc(-c3ccc4nc(C)cn4c3)cc(=O)c2c1. The fraction of sp³-hybridized carbons (Fsp3) is 0.148. The number of carbonyl (C=O) groups is 1. The van der Waals surface area contributed by atoms with Gasteiger partial charge in [0.2, 0.25) is 0 Å². The van der Waals surface area contributed by atoms with E-state index in [4.69, 9.17) is 4.42 Å². The van der Waals surface area contributed by atoms with Crippen molar-refractivity contribution in [2.45, 2.75) is 26.8 Å². The summed E-state index contributed by atoms with van der Waals surface area (Å²) in [6.45, 7) is 5.57. The van der Waals surface area contributed by atoms with Crippen LogP contribution in [0.3, 0.4) is 0 Å². The largest absolute Gasteiger partial charge is 0.478 e. The number of hydrogen-bond donors (Lipinski definition) is 2. The highest BCUT2D eigenvalue weighted by Gasteiger charge is 2.20. The summed E-state index contributed by atoms with van der Waals surface area (Å²) in [6, 6.07) is 12.3. The van der Waals surface area contributed by atoms with Crippen LogP contribution < -0.4 is 10.7 Å². The molecule has 8 heteroatoms. The molecule has 2 aromatic carbocycles. The van der Waals surface area contributed by atoms with Crippen molar-refractivity contribution < 1.29 is 18.7 Å². The molecule has 35 heavy (non-hydrogen) atoms. The molecule has 1 atom stereocenters. The molecule has 0 radical (unpaired) electrons. The van der Waals surface area contributed by atoms with E-state index >= 15 is 0 Å². The third kappa shape index (κ3) is 4.03. The molecule has 0 saturated heterocycles. The maximum atomic E-state index is 14.2. The number of carboxylic acids is 1. The number of aromatic carboxylic acids is 1. The van der Waals surface area contributed by atoms with Crippen molar-refractivity contribution in [2.24, 2.45) is 0 Å². The van der Waals surface area contributed by atoms with Crippen molar-refractivity contribution in [3.8, 4) is 11.3 Å². The lowest BCUT2D eigenvalue weighted by molar-refractivity contribution is 0.0693. The summed E-state index contributed by atoms with van der Waals surface area (Å²) in [5.41, 5.74) is 3.74. The molecular weight excluding hydrogens is 449 g/mol. The zero-order valence-corrected chi connectivity index (χ0v) is 19.3. The second kappa shape index (κ2) is 8.39. The van der Waals surface area contributed by atoms with Gasteiger partial charge in [0.1, 0.15) is 28.4 Å². The van der Waals surface area contributed by atoms with E-state index in [0.717, 1.165) is 23.0 Å². The molecule has 0 bridgehead atoms.